The van der Waals surface area contributed by atoms with Crippen LogP contribution < -0.4 is 19.3 Å². The number of piperazine rings is 1. The van der Waals surface area contributed by atoms with E-state index in [2.05, 4.69) is 15.0 Å². The molecule has 5 aromatic rings. The first-order chi connectivity index (χ1) is 28.0. The first-order valence-electron chi connectivity index (χ1n) is 18.9. The van der Waals surface area contributed by atoms with Gasteiger partial charge in [0.05, 0.1) is 54.8 Å². The predicted molar refractivity (Wildman–Crippen MR) is 210 cm³/mol. The molecule has 2 aromatic heterocycles. The number of carbonyl (C=O) groups is 1. The van der Waals surface area contributed by atoms with Gasteiger partial charge in [-0.05, 0) is 93.6 Å². The number of fused-ring (bicyclic) bond motifs is 3. The molecule has 2 bridgehead atoms. The Morgan fingerprint density at radius 3 is 1.93 bits per heavy atom. The van der Waals surface area contributed by atoms with Gasteiger partial charge in [0.1, 0.15) is 34.3 Å². The van der Waals surface area contributed by atoms with Crippen LogP contribution in [0.4, 0.5) is 38.4 Å². The lowest BCUT2D eigenvalue weighted by Crippen LogP contribution is -2.57. The predicted octanol–water partition coefficient (Wildman–Crippen LogP) is 8.98. The molecule has 308 valence electrons. The van der Waals surface area contributed by atoms with Crippen molar-refractivity contribution >= 4 is 28.6 Å². The minimum atomic E-state index is -5.04. The number of aryl methyl sites for hydroxylation is 1. The SMILES string of the molecule is COc1ccc(CN(Cc2ccc(OC)cc2)c2cc(C)c(C(F)(F)F)c(-c3c(C#N)cc4c(N5CC6CCC(C5)N6C(=O)OC(C)(C)C)nc(F)nc4c3F)n2)cc1. The maximum atomic E-state index is 17.1. The number of methoxy groups -OCH3 is 2. The van der Waals surface area contributed by atoms with Crippen molar-refractivity contribution in [2.45, 2.75) is 77.5 Å². The summed E-state index contributed by atoms with van der Waals surface area (Å²) in [4.78, 5) is 30.4. The summed E-state index contributed by atoms with van der Waals surface area (Å²) >= 11 is 0. The highest BCUT2D eigenvalue weighted by molar-refractivity contribution is 5.96. The van der Waals surface area contributed by atoms with E-state index in [4.69, 9.17) is 14.2 Å². The van der Waals surface area contributed by atoms with Crippen molar-refractivity contribution in [3.05, 3.63) is 100 Å². The maximum Gasteiger partial charge on any atom is 0.418 e. The summed E-state index contributed by atoms with van der Waals surface area (Å²) in [5.74, 6) is -0.127. The summed E-state index contributed by atoms with van der Waals surface area (Å²) in [5, 5.41) is 10.4. The number of aromatic nitrogens is 3. The Morgan fingerprint density at radius 1 is 0.881 bits per heavy atom. The molecule has 2 fully saturated rings. The maximum absolute atomic E-state index is 17.1. The summed E-state index contributed by atoms with van der Waals surface area (Å²) in [7, 11) is 3.06. The zero-order chi connectivity index (χ0) is 42.4. The lowest BCUT2D eigenvalue weighted by atomic mass is 9.95. The fourth-order valence-electron chi connectivity index (χ4n) is 7.91. The number of alkyl halides is 3. The number of nitrogens with zero attached hydrogens (tertiary/aromatic N) is 7. The molecule has 16 heteroatoms. The molecule has 0 radical (unpaired) electrons. The van der Waals surface area contributed by atoms with Crippen molar-refractivity contribution in [3.8, 4) is 28.8 Å². The molecule has 59 heavy (non-hydrogen) atoms. The third-order valence-corrected chi connectivity index (χ3v) is 10.5. The highest BCUT2D eigenvalue weighted by Gasteiger charge is 2.45. The lowest BCUT2D eigenvalue weighted by molar-refractivity contribution is -0.137. The average Bonchev–Trinajstić information content (AvgIpc) is 3.45. The number of ether oxygens (including phenoxy) is 3. The van der Waals surface area contributed by atoms with Crippen molar-refractivity contribution in [1.29, 1.82) is 5.26 Å². The van der Waals surface area contributed by atoms with E-state index in [1.54, 1.807) is 59.7 Å². The summed E-state index contributed by atoms with van der Waals surface area (Å²) < 4.78 is 93.9. The van der Waals surface area contributed by atoms with Crippen molar-refractivity contribution < 1.29 is 41.0 Å². The van der Waals surface area contributed by atoms with Gasteiger partial charge in [-0.25, -0.2) is 14.2 Å². The summed E-state index contributed by atoms with van der Waals surface area (Å²) in [6, 6.07) is 17.9. The van der Waals surface area contributed by atoms with E-state index >= 15 is 22.0 Å². The monoisotopic (exact) mass is 815 g/mol. The van der Waals surface area contributed by atoms with Gasteiger partial charge in [0.2, 0.25) is 0 Å². The van der Waals surface area contributed by atoms with Crippen molar-refractivity contribution in [2.24, 2.45) is 0 Å². The van der Waals surface area contributed by atoms with Gasteiger partial charge in [-0.1, -0.05) is 24.3 Å². The van der Waals surface area contributed by atoms with E-state index in [1.165, 1.54) is 33.3 Å². The number of halogens is 5. The fraction of sp³-hybridized carbons (Fsp3) is 0.372. The normalized spacial score (nSPS) is 16.6. The van der Waals surface area contributed by atoms with Crippen LogP contribution in [-0.2, 0) is 24.0 Å². The minimum Gasteiger partial charge on any atom is -0.497 e. The van der Waals surface area contributed by atoms with E-state index < -0.39 is 57.7 Å². The van der Waals surface area contributed by atoms with Gasteiger partial charge in [0.15, 0.2) is 5.82 Å². The van der Waals surface area contributed by atoms with Crippen LogP contribution in [0.25, 0.3) is 22.2 Å². The fourth-order valence-corrected chi connectivity index (χ4v) is 7.91. The van der Waals surface area contributed by atoms with E-state index in [9.17, 15) is 10.1 Å². The second kappa shape index (κ2) is 15.8. The molecule has 2 saturated heterocycles. The van der Waals surface area contributed by atoms with Crippen LogP contribution in [0.5, 0.6) is 11.5 Å². The average molecular weight is 816 g/mol. The molecule has 2 unspecified atom stereocenters. The highest BCUT2D eigenvalue weighted by atomic mass is 19.4. The number of amides is 1. The Balaban J connectivity index is 1.35. The van der Waals surface area contributed by atoms with Gasteiger partial charge in [0.25, 0.3) is 0 Å². The number of hydrogen-bond donors (Lipinski definition) is 0. The van der Waals surface area contributed by atoms with Crippen LogP contribution in [0.15, 0.2) is 60.7 Å². The zero-order valence-electron chi connectivity index (χ0n) is 33.3. The molecule has 2 aliphatic rings. The van der Waals surface area contributed by atoms with E-state index in [-0.39, 0.29) is 60.8 Å². The van der Waals surface area contributed by atoms with Crippen LogP contribution >= 0.6 is 0 Å². The van der Waals surface area contributed by atoms with Gasteiger partial charge < -0.3 is 24.0 Å². The Labute approximate surface area is 338 Å². The van der Waals surface area contributed by atoms with Crippen molar-refractivity contribution in [2.75, 3.05) is 37.1 Å². The first kappa shape index (κ1) is 40.9. The molecule has 0 N–H and O–H groups in total. The Hall–Kier alpha value is -6.24. The summed E-state index contributed by atoms with van der Waals surface area (Å²) in [6.45, 7) is 7.25. The molecule has 2 aliphatic heterocycles. The number of carbonyl (C=O) groups excluding carboxylic acids is 1. The molecular weight excluding hydrogens is 774 g/mol. The topological polar surface area (TPSA) is 117 Å². The minimum absolute atomic E-state index is 0.0470. The van der Waals surface area contributed by atoms with Gasteiger partial charge in [0, 0.05) is 31.6 Å². The molecule has 0 saturated carbocycles. The summed E-state index contributed by atoms with van der Waals surface area (Å²) in [5.41, 5.74) is -3.43. The van der Waals surface area contributed by atoms with Gasteiger partial charge in [-0.3, -0.25) is 4.90 Å². The number of rotatable bonds is 9. The molecule has 4 heterocycles. The van der Waals surface area contributed by atoms with Crippen LogP contribution in [0.3, 0.4) is 0 Å². The van der Waals surface area contributed by atoms with Gasteiger partial charge in [-0.15, -0.1) is 0 Å². The second-order valence-corrected chi connectivity index (χ2v) is 15.7. The third kappa shape index (κ3) is 8.37. The number of nitriles is 1. The smallest absolute Gasteiger partial charge is 0.418 e. The highest BCUT2D eigenvalue weighted by Crippen LogP contribution is 2.44. The van der Waals surface area contributed by atoms with Crippen LogP contribution in [0, 0.1) is 30.2 Å². The second-order valence-electron chi connectivity index (χ2n) is 15.7. The Morgan fingerprint density at radius 2 is 1.44 bits per heavy atom. The largest absolute Gasteiger partial charge is 0.497 e. The standard InChI is InChI=1S/C43H42F5N7O4/c1-24-17-33(53(20-25-7-13-30(57-5)14-8-25)21-26-9-15-31(58-6)16-10-26)50-38(35(24)43(46,47)48)34-27(19-49)18-32-37(36(34)44)51-40(45)52-39(32)54-22-28-11-12-29(23-54)55(28)41(56)59-42(2,3)4/h7-10,13-18,28-29H,11-12,20-23H2,1-6H3. The number of anilines is 2. The molecule has 0 aliphatic carbocycles. The molecule has 2 atom stereocenters. The van der Waals surface area contributed by atoms with Crippen molar-refractivity contribution in [3.63, 3.8) is 0 Å². The number of benzene rings is 3. The molecule has 3 aromatic carbocycles. The van der Waals surface area contributed by atoms with Crippen molar-refractivity contribution in [1.82, 2.24) is 19.9 Å². The Kier molecular flexibility index (Phi) is 11.0. The lowest BCUT2D eigenvalue weighted by Gasteiger charge is -2.42. The van der Waals surface area contributed by atoms with Crippen LogP contribution in [0.2, 0.25) is 0 Å². The molecule has 11 nitrogen and oxygen atoms in total. The summed E-state index contributed by atoms with van der Waals surface area (Å²) in [6.07, 6.45) is -5.58. The van der Waals surface area contributed by atoms with Crippen LogP contribution in [0.1, 0.15) is 61.4 Å². The van der Waals surface area contributed by atoms with E-state index in [0.29, 0.717) is 24.3 Å². The van der Waals surface area contributed by atoms with E-state index in [0.717, 1.165) is 11.1 Å². The van der Waals surface area contributed by atoms with Gasteiger partial charge >= 0.3 is 18.3 Å². The molecule has 7 rings (SSSR count). The zero-order valence-corrected chi connectivity index (χ0v) is 33.3. The van der Waals surface area contributed by atoms with Gasteiger partial charge in [-0.2, -0.15) is 32.8 Å². The number of pyridine rings is 1. The molecular formula is C43H42F5N7O4. The first-order valence-corrected chi connectivity index (χ1v) is 18.9. The quantitative estimate of drug-likeness (QED) is 0.105. The van der Waals surface area contributed by atoms with Crippen LogP contribution in [-0.4, -0.2) is 70.9 Å². The molecule has 0 spiro atoms. The third-order valence-electron chi connectivity index (χ3n) is 10.5. The Bertz CT molecular complexity index is 2370. The molecule has 1 amide bonds. The van der Waals surface area contributed by atoms with E-state index in [1.807, 2.05) is 30.3 Å². The number of hydrogen-bond acceptors (Lipinski definition) is 10.